The molecule has 8 heteroatoms. The molecule has 4 rings (SSSR count). The number of aryl methyl sites for hydroxylation is 2. The van der Waals surface area contributed by atoms with Crippen molar-refractivity contribution in [3.8, 4) is 0 Å². The first-order valence-electron chi connectivity index (χ1n) is 10.8. The Kier molecular flexibility index (Phi) is 6.51. The highest BCUT2D eigenvalue weighted by molar-refractivity contribution is 7.92. The molecule has 7 nitrogen and oxygen atoms in total. The lowest BCUT2D eigenvalue weighted by molar-refractivity contribution is 0.102. The van der Waals surface area contributed by atoms with Crippen molar-refractivity contribution in [1.82, 2.24) is 9.78 Å². The summed E-state index contributed by atoms with van der Waals surface area (Å²) in [5.74, 6) is -0.318. The van der Waals surface area contributed by atoms with Crippen molar-refractivity contribution in [2.75, 3.05) is 16.7 Å². The second kappa shape index (κ2) is 9.52. The molecular formula is C26H26N4O3S. The van der Waals surface area contributed by atoms with Crippen LogP contribution in [0.3, 0.4) is 0 Å². The van der Waals surface area contributed by atoms with Gasteiger partial charge in [-0.15, -0.1) is 0 Å². The van der Waals surface area contributed by atoms with Gasteiger partial charge in [-0.2, -0.15) is 5.10 Å². The van der Waals surface area contributed by atoms with E-state index < -0.39 is 10.0 Å². The lowest BCUT2D eigenvalue weighted by atomic mass is 10.1. The molecule has 0 unspecified atom stereocenters. The van der Waals surface area contributed by atoms with Crippen molar-refractivity contribution in [3.05, 3.63) is 107 Å². The molecule has 3 aromatic carbocycles. The number of hydrogen-bond acceptors (Lipinski definition) is 4. The standard InChI is InChI=1S/C26H26N4O3S/c1-19-15-20(2)30(28-19)18-21-9-7-10-22(16-21)26(31)27-23-11-8-14-25(17-23)34(32,33)29(3)24-12-5-4-6-13-24/h4-17H,18H2,1-3H3,(H,27,31). The van der Waals surface area contributed by atoms with Crippen LogP contribution < -0.4 is 9.62 Å². The number of nitrogens with one attached hydrogen (secondary N) is 1. The maximum Gasteiger partial charge on any atom is 0.264 e. The first-order valence-corrected chi connectivity index (χ1v) is 12.2. The number of carbonyl (C=O) groups is 1. The van der Waals surface area contributed by atoms with Crippen LogP contribution in [0.1, 0.15) is 27.3 Å². The summed E-state index contributed by atoms with van der Waals surface area (Å²) >= 11 is 0. The van der Waals surface area contributed by atoms with E-state index >= 15 is 0 Å². The first kappa shape index (κ1) is 23.3. The second-order valence-corrected chi connectivity index (χ2v) is 10.0. The van der Waals surface area contributed by atoms with E-state index in [0.717, 1.165) is 17.0 Å². The highest BCUT2D eigenvalue weighted by Gasteiger charge is 2.21. The predicted molar refractivity (Wildman–Crippen MR) is 134 cm³/mol. The Bertz CT molecular complexity index is 1430. The smallest absolute Gasteiger partial charge is 0.264 e. The van der Waals surface area contributed by atoms with Crippen molar-refractivity contribution in [2.24, 2.45) is 0 Å². The summed E-state index contributed by atoms with van der Waals surface area (Å²) in [4.78, 5) is 13.0. The van der Waals surface area contributed by atoms with E-state index in [0.29, 0.717) is 23.5 Å². The minimum atomic E-state index is -3.79. The van der Waals surface area contributed by atoms with Crippen LogP contribution in [0.4, 0.5) is 11.4 Å². The molecule has 0 aliphatic carbocycles. The van der Waals surface area contributed by atoms with Crippen LogP contribution in [0.5, 0.6) is 0 Å². The number of para-hydroxylation sites is 1. The molecule has 174 valence electrons. The van der Waals surface area contributed by atoms with Crippen LogP contribution in [-0.4, -0.2) is 31.2 Å². The number of rotatable bonds is 7. The Morgan fingerprint density at radius 2 is 1.68 bits per heavy atom. The Morgan fingerprint density at radius 3 is 2.38 bits per heavy atom. The van der Waals surface area contributed by atoms with E-state index in [4.69, 9.17) is 0 Å². The van der Waals surface area contributed by atoms with Gasteiger partial charge in [0, 0.05) is 24.0 Å². The minimum absolute atomic E-state index is 0.0925. The zero-order valence-electron chi connectivity index (χ0n) is 19.3. The van der Waals surface area contributed by atoms with Gasteiger partial charge >= 0.3 is 0 Å². The Labute approximate surface area is 199 Å². The fraction of sp³-hybridized carbons (Fsp3) is 0.154. The van der Waals surface area contributed by atoms with Crippen molar-refractivity contribution in [3.63, 3.8) is 0 Å². The summed E-state index contributed by atoms with van der Waals surface area (Å²) in [6, 6.07) is 24.4. The maximum atomic E-state index is 13.1. The number of hydrogen-bond donors (Lipinski definition) is 1. The largest absolute Gasteiger partial charge is 0.322 e. The summed E-state index contributed by atoms with van der Waals surface area (Å²) in [5, 5.41) is 7.28. The van der Waals surface area contributed by atoms with E-state index in [1.54, 1.807) is 42.5 Å². The van der Waals surface area contributed by atoms with E-state index in [1.165, 1.54) is 23.5 Å². The zero-order valence-corrected chi connectivity index (χ0v) is 20.1. The van der Waals surface area contributed by atoms with Gasteiger partial charge in [0.15, 0.2) is 0 Å². The minimum Gasteiger partial charge on any atom is -0.322 e. The number of amides is 1. The summed E-state index contributed by atoms with van der Waals surface area (Å²) in [5.41, 5.74) is 4.37. The van der Waals surface area contributed by atoms with Crippen LogP contribution in [0.2, 0.25) is 0 Å². The molecule has 0 saturated heterocycles. The Balaban J connectivity index is 1.52. The quantitative estimate of drug-likeness (QED) is 0.423. The molecular weight excluding hydrogens is 448 g/mol. The van der Waals surface area contributed by atoms with Crippen LogP contribution >= 0.6 is 0 Å². The van der Waals surface area contributed by atoms with Crippen LogP contribution in [-0.2, 0) is 16.6 Å². The van der Waals surface area contributed by atoms with Gasteiger partial charge in [-0.25, -0.2) is 8.42 Å². The number of aromatic nitrogens is 2. The molecule has 0 bridgehead atoms. The highest BCUT2D eigenvalue weighted by Crippen LogP contribution is 2.24. The zero-order chi connectivity index (χ0) is 24.3. The summed E-state index contributed by atoms with van der Waals surface area (Å²) in [7, 11) is -2.28. The third-order valence-electron chi connectivity index (χ3n) is 5.49. The fourth-order valence-electron chi connectivity index (χ4n) is 3.69. The number of carbonyl (C=O) groups excluding carboxylic acids is 1. The lowest BCUT2D eigenvalue weighted by Crippen LogP contribution is -2.26. The molecule has 0 radical (unpaired) electrons. The van der Waals surface area contributed by atoms with Gasteiger partial charge in [0.2, 0.25) is 0 Å². The maximum absolute atomic E-state index is 13.1. The van der Waals surface area contributed by atoms with Crippen molar-refractivity contribution >= 4 is 27.3 Å². The van der Waals surface area contributed by atoms with Gasteiger partial charge in [0.05, 0.1) is 22.8 Å². The fourth-order valence-corrected chi connectivity index (χ4v) is 4.93. The molecule has 1 amide bonds. The van der Waals surface area contributed by atoms with Gasteiger partial charge in [-0.1, -0.05) is 36.4 Å². The van der Waals surface area contributed by atoms with Crippen LogP contribution in [0.15, 0.2) is 89.8 Å². The van der Waals surface area contributed by atoms with Crippen molar-refractivity contribution in [1.29, 1.82) is 0 Å². The lowest BCUT2D eigenvalue weighted by Gasteiger charge is -2.20. The van der Waals surface area contributed by atoms with Gasteiger partial charge < -0.3 is 5.32 Å². The molecule has 1 aromatic heterocycles. The summed E-state index contributed by atoms with van der Waals surface area (Å²) in [6.45, 7) is 4.49. The summed E-state index contributed by atoms with van der Waals surface area (Å²) in [6.07, 6.45) is 0. The predicted octanol–water partition coefficient (Wildman–Crippen LogP) is 4.63. The van der Waals surface area contributed by atoms with Crippen LogP contribution in [0.25, 0.3) is 0 Å². The average molecular weight is 475 g/mol. The molecule has 1 N–H and O–H groups in total. The summed E-state index contributed by atoms with van der Waals surface area (Å²) < 4.78 is 29.3. The molecule has 4 aromatic rings. The van der Waals surface area contributed by atoms with E-state index in [2.05, 4.69) is 10.4 Å². The van der Waals surface area contributed by atoms with Gasteiger partial charge in [-0.3, -0.25) is 13.8 Å². The van der Waals surface area contributed by atoms with E-state index in [-0.39, 0.29) is 10.8 Å². The molecule has 1 heterocycles. The molecule has 0 aliphatic rings. The normalized spacial score (nSPS) is 11.3. The number of benzene rings is 3. The monoisotopic (exact) mass is 474 g/mol. The number of anilines is 2. The molecule has 0 spiro atoms. The number of sulfonamides is 1. The Morgan fingerprint density at radius 1 is 0.941 bits per heavy atom. The van der Waals surface area contributed by atoms with Gasteiger partial charge in [0.25, 0.3) is 15.9 Å². The third kappa shape index (κ3) is 5.02. The molecule has 0 fully saturated rings. The first-order chi connectivity index (χ1) is 16.2. The van der Waals surface area contributed by atoms with Gasteiger partial charge in [0.1, 0.15) is 0 Å². The number of nitrogens with zero attached hydrogens (tertiary/aromatic N) is 3. The second-order valence-electron chi connectivity index (χ2n) is 8.08. The molecule has 0 saturated carbocycles. The van der Waals surface area contributed by atoms with Crippen molar-refractivity contribution in [2.45, 2.75) is 25.3 Å². The van der Waals surface area contributed by atoms with Crippen LogP contribution in [0, 0.1) is 13.8 Å². The third-order valence-corrected chi connectivity index (χ3v) is 7.28. The molecule has 0 atom stereocenters. The Hall–Kier alpha value is -3.91. The van der Waals surface area contributed by atoms with E-state index in [1.807, 2.05) is 48.9 Å². The molecule has 0 aliphatic heterocycles. The van der Waals surface area contributed by atoms with E-state index in [9.17, 15) is 13.2 Å². The highest BCUT2D eigenvalue weighted by atomic mass is 32.2. The van der Waals surface area contributed by atoms with Gasteiger partial charge in [-0.05, 0) is 67.9 Å². The molecule has 34 heavy (non-hydrogen) atoms. The SMILES string of the molecule is Cc1cc(C)n(Cc2cccc(C(=O)Nc3cccc(S(=O)(=O)N(C)c4ccccc4)c3)c2)n1. The average Bonchev–Trinajstić information content (AvgIpc) is 3.15. The topological polar surface area (TPSA) is 84.3 Å². The van der Waals surface area contributed by atoms with Crippen molar-refractivity contribution < 1.29 is 13.2 Å².